The average Bonchev–Trinajstić information content (AvgIpc) is 2.47. The third-order valence-electron chi connectivity index (χ3n) is 4.78. The number of carbonyl (C=O) groups is 1. The van der Waals surface area contributed by atoms with Gasteiger partial charge in [-0.25, -0.2) is 0 Å². The topological polar surface area (TPSA) is 52.9 Å². The molecule has 1 amide bonds. The quantitative estimate of drug-likeness (QED) is 0.842. The van der Waals surface area contributed by atoms with Gasteiger partial charge in [0.1, 0.15) is 0 Å². The molecule has 0 bridgehead atoms. The second-order valence-electron chi connectivity index (χ2n) is 6.29. The third kappa shape index (κ3) is 4.86. The van der Waals surface area contributed by atoms with Crippen molar-refractivity contribution in [2.75, 3.05) is 0 Å². The van der Waals surface area contributed by atoms with Crippen LogP contribution in [-0.4, -0.2) is 11.9 Å². The van der Waals surface area contributed by atoms with Crippen molar-refractivity contribution in [1.29, 1.82) is 5.26 Å². The Balaban J connectivity index is 1.60. The number of nitrogens with zero attached hydrogens (tertiary/aromatic N) is 1. The Morgan fingerprint density at radius 1 is 1.05 bits per heavy atom. The summed E-state index contributed by atoms with van der Waals surface area (Å²) in [6.45, 7) is 0. The normalized spacial score (nSPS) is 28.6. The highest BCUT2D eigenvalue weighted by Gasteiger charge is 2.22. The SMILES string of the molecule is N#CC1CCC(NC(=O)CCC2CCCCC2)CC1. The summed E-state index contributed by atoms with van der Waals surface area (Å²) in [4.78, 5) is 11.9. The molecule has 0 aliphatic heterocycles. The Bertz CT molecular complexity index is 320. The maximum Gasteiger partial charge on any atom is 0.220 e. The van der Waals surface area contributed by atoms with Crippen LogP contribution in [0.4, 0.5) is 0 Å². The molecule has 19 heavy (non-hydrogen) atoms. The maximum atomic E-state index is 11.9. The smallest absolute Gasteiger partial charge is 0.220 e. The number of amides is 1. The van der Waals surface area contributed by atoms with Crippen LogP contribution in [0.1, 0.15) is 70.6 Å². The zero-order chi connectivity index (χ0) is 13.5. The van der Waals surface area contributed by atoms with E-state index in [0.29, 0.717) is 12.5 Å². The fourth-order valence-electron chi connectivity index (χ4n) is 3.48. The average molecular weight is 262 g/mol. The number of hydrogen-bond acceptors (Lipinski definition) is 2. The second-order valence-corrected chi connectivity index (χ2v) is 6.29. The van der Waals surface area contributed by atoms with E-state index >= 15 is 0 Å². The van der Waals surface area contributed by atoms with Gasteiger partial charge in [-0.1, -0.05) is 32.1 Å². The van der Waals surface area contributed by atoms with Gasteiger partial charge < -0.3 is 5.32 Å². The number of nitriles is 1. The van der Waals surface area contributed by atoms with Crippen molar-refractivity contribution in [1.82, 2.24) is 5.32 Å². The molecule has 0 atom stereocenters. The monoisotopic (exact) mass is 262 g/mol. The molecule has 2 saturated carbocycles. The molecule has 2 aliphatic rings. The summed E-state index contributed by atoms with van der Waals surface area (Å²) in [5.74, 6) is 1.23. The van der Waals surface area contributed by atoms with Crippen LogP contribution < -0.4 is 5.32 Å². The lowest BCUT2D eigenvalue weighted by Crippen LogP contribution is -2.37. The van der Waals surface area contributed by atoms with Gasteiger partial charge in [0, 0.05) is 18.4 Å². The molecule has 3 nitrogen and oxygen atoms in total. The molecule has 0 radical (unpaired) electrons. The highest BCUT2D eigenvalue weighted by atomic mass is 16.1. The van der Waals surface area contributed by atoms with E-state index in [1.54, 1.807) is 0 Å². The van der Waals surface area contributed by atoms with Crippen LogP contribution in [0, 0.1) is 23.2 Å². The van der Waals surface area contributed by atoms with Crippen LogP contribution in [-0.2, 0) is 4.79 Å². The van der Waals surface area contributed by atoms with Crippen LogP contribution >= 0.6 is 0 Å². The zero-order valence-corrected chi connectivity index (χ0v) is 11.9. The first-order valence-electron chi connectivity index (χ1n) is 7.97. The largest absolute Gasteiger partial charge is 0.353 e. The fourth-order valence-corrected chi connectivity index (χ4v) is 3.48. The predicted molar refractivity (Wildman–Crippen MR) is 75.3 cm³/mol. The molecule has 0 spiro atoms. The van der Waals surface area contributed by atoms with Gasteiger partial charge in [0.15, 0.2) is 0 Å². The number of carbonyl (C=O) groups excluding carboxylic acids is 1. The van der Waals surface area contributed by atoms with E-state index in [1.807, 2.05) is 0 Å². The van der Waals surface area contributed by atoms with Gasteiger partial charge in [-0.2, -0.15) is 5.26 Å². The minimum Gasteiger partial charge on any atom is -0.353 e. The predicted octanol–water partition coefficient (Wildman–Crippen LogP) is 3.55. The van der Waals surface area contributed by atoms with E-state index in [1.165, 1.54) is 32.1 Å². The fraction of sp³-hybridized carbons (Fsp3) is 0.875. The lowest BCUT2D eigenvalue weighted by Gasteiger charge is -2.26. The summed E-state index contributed by atoms with van der Waals surface area (Å²) in [6, 6.07) is 2.66. The maximum absolute atomic E-state index is 11.9. The second kappa shape index (κ2) is 7.53. The van der Waals surface area contributed by atoms with E-state index < -0.39 is 0 Å². The molecular formula is C16H26N2O. The minimum atomic E-state index is 0.218. The van der Waals surface area contributed by atoms with Gasteiger partial charge in [-0.15, -0.1) is 0 Å². The summed E-state index contributed by atoms with van der Waals surface area (Å²) in [5.41, 5.74) is 0. The van der Waals surface area contributed by atoms with E-state index in [2.05, 4.69) is 11.4 Å². The van der Waals surface area contributed by atoms with Crippen LogP contribution in [0.2, 0.25) is 0 Å². The minimum absolute atomic E-state index is 0.218. The molecule has 0 saturated heterocycles. The van der Waals surface area contributed by atoms with Gasteiger partial charge in [-0.3, -0.25) is 4.79 Å². The number of hydrogen-bond donors (Lipinski definition) is 1. The van der Waals surface area contributed by atoms with Gasteiger partial charge in [0.05, 0.1) is 6.07 Å². The molecule has 106 valence electrons. The molecule has 2 rings (SSSR count). The molecular weight excluding hydrogens is 236 g/mol. The Morgan fingerprint density at radius 3 is 2.37 bits per heavy atom. The summed E-state index contributed by atoms with van der Waals surface area (Å²) >= 11 is 0. The van der Waals surface area contributed by atoms with Gasteiger partial charge in [0.25, 0.3) is 0 Å². The van der Waals surface area contributed by atoms with Crippen LogP contribution in [0.3, 0.4) is 0 Å². The zero-order valence-electron chi connectivity index (χ0n) is 11.9. The first-order valence-corrected chi connectivity index (χ1v) is 7.97. The van der Waals surface area contributed by atoms with Crippen molar-refractivity contribution in [2.24, 2.45) is 11.8 Å². The molecule has 0 heterocycles. The number of rotatable bonds is 4. The summed E-state index contributed by atoms with van der Waals surface area (Å²) in [7, 11) is 0. The third-order valence-corrected chi connectivity index (χ3v) is 4.78. The van der Waals surface area contributed by atoms with Crippen molar-refractivity contribution >= 4 is 5.91 Å². The van der Waals surface area contributed by atoms with Crippen LogP contribution in [0.15, 0.2) is 0 Å². The molecule has 3 heteroatoms. The molecule has 0 aromatic rings. The Morgan fingerprint density at radius 2 is 1.74 bits per heavy atom. The summed E-state index contributed by atoms with van der Waals surface area (Å²) in [6.07, 6.45) is 12.3. The van der Waals surface area contributed by atoms with E-state index in [0.717, 1.165) is 38.0 Å². The Labute approximate surface area is 116 Å². The van der Waals surface area contributed by atoms with Crippen molar-refractivity contribution in [3.8, 4) is 6.07 Å². The Kier molecular flexibility index (Phi) is 5.69. The molecule has 0 unspecified atom stereocenters. The van der Waals surface area contributed by atoms with Gasteiger partial charge in [-0.05, 0) is 38.0 Å². The van der Waals surface area contributed by atoms with Gasteiger partial charge >= 0.3 is 0 Å². The molecule has 1 N–H and O–H groups in total. The lowest BCUT2D eigenvalue weighted by molar-refractivity contribution is -0.122. The van der Waals surface area contributed by atoms with Crippen molar-refractivity contribution in [2.45, 2.75) is 76.7 Å². The van der Waals surface area contributed by atoms with Gasteiger partial charge in [0.2, 0.25) is 5.91 Å². The summed E-state index contributed by atoms with van der Waals surface area (Å²) < 4.78 is 0. The van der Waals surface area contributed by atoms with E-state index in [4.69, 9.17) is 5.26 Å². The first-order chi connectivity index (χ1) is 9.28. The molecule has 0 aromatic heterocycles. The van der Waals surface area contributed by atoms with Crippen LogP contribution in [0.5, 0.6) is 0 Å². The van der Waals surface area contributed by atoms with Crippen molar-refractivity contribution in [3.63, 3.8) is 0 Å². The van der Waals surface area contributed by atoms with Crippen molar-refractivity contribution in [3.05, 3.63) is 0 Å². The Hall–Kier alpha value is -1.04. The molecule has 2 fully saturated rings. The van der Waals surface area contributed by atoms with E-state index in [9.17, 15) is 4.79 Å². The molecule has 0 aromatic carbocycles. The highest BCUT2D eigenvalue weighted by Crippen LogP contribution is 2.27. The first kappa shape index (κ1) is 14.4. The summed E-state index contributed by atoms with van der Waals surface area (Å²) in [5, 5.41) is 12.0. The molecule has 2 aliphatic carbocycles. The standard InChI is InChI=1S/C16H26N2O/c17-12-14-6-9-15(10-7-14)18-16(19)11-8-13-4-2-1-3-5-13/h13-15H,1-11H2,(H,18,19). The number of nitrogens with one attached hydrogen (secondary N) is 1. The lowest BCUT2D eigenvalue weighted by atomic mass is 9.85. The van der Waals surface area contributed by atoms with Crippen molar-refractivity contribution < 1.29 is 4.79 Å². The highest BCUT2D eigenvalue weighted by molar-refractivity contribution is 5.76. The van der Waals surface area contributed by atoms with E-state index in [-0.39, 0.29) is 11.8 Å². The van der Waals surface area contributed by atoms with Crippen LogP contribution in [0.25, 0.3) is 0 Å².